The Bertz CT molecular complexity index is 640. The van der Waals surface area contributed by atoms with E-state index < -0.39 is 0 Å². The number of anilines is 1. The number of benzene rings is 1. The van der Waals surface area contributed by atoms with Crippen molar-refractivity contribution in [2.45, 2.75) is 13.3 Å². The first-order chi connectivity index (χ1) is 9.24. The number of ether oxygens (including phenoxy) is 1. The molecule has 1 N–H and O–H groups in total. The van der Waals surface area contributed by atoms with E-state index in [2.05, 4.69) is 16.0 Å². The van der Waals surface area contributed by atoms with Gasteiger partial charge in [0.25, 0.3) is 0 Å². The summed E-state index contributed by atoms with van der Waals surface area (Å²) in [5.41, 5.74) is 2.99. The molecule has 1 fully saturated rings. The lowest BCUT2D eigenvalue weighted by Crippen LogP contribution is -2.25. The Morgan fingerprint density at radius 1 is 1.21 bits per heavy atom. The van der Waals surface area contributed by atoms with Gasteiger partial charge in [-0.2, -0.15) is 0 Å². The molecule has 0 aliphatic carbocycles. The summed E-state index contributed by atoms with van der Waals surface area (Å²) in [5.74, 6) is 0. The van der Waals surface area contributed by atoms with Crippen LogP contribution in [0.1, 0.15) is 12.1 Å². The molecule has 1 aromatic carbocycles. The van der Waals surface area contributed by atoms with E-state index in [-0.39, 0.29) is 5.43 Å². The smallest absolute Gasteiger partial charge is 0.189 e. The fourth-order valence-electron chi connectivity index (χ4n) is 2.57. The lowest BCUT2D eigenvalue weighted by molar-refractivity contribution is 0.152. The van der Waals surface area contributed by atoms with Crippen LogP contribution >= 0.6 is 0 Å². The standard InChI is InChI=1S/C15H18N2O2/c1-11-9-15(18)13-10-12(3-4-14(13)16-11)17-5-2-7-19-8-6-17/h3-4,9-10H,2,5-8H2,1H3,(H,16,18). The number of nitrogens with one attached hydrogen (secondary N) is 1. The zero-order valence-corrected chi connectivity index (χ0v) is 11.1. The fraction of sp³-hybridized carbons (Fsp3) is 0.400. The monoisotopic (exact) mass is 258 g/mol. The second-order valence-electron chi connectivity index (χ2n) is 5.00. The second-order valence-corrected chi connectivity index (χ2v) is 5.00. The molecule has 0 bridgehead atoms. The highest BCUT2D eigenvalue weighted by atomic mass is 16.5. The number of hydrogen-bond acceptors (Lipinski definition) is 3. The van der Waals surface area contributed by atoms with Crippen LogP contribution in [0.3, 0.4) is 0 Å². The summed E-state index contributed by atoms with van der Waals surface area (Å²) < 4.78 is 5.46. The van der Waals surface area contributed by atoms with Gasteiger partial charge in [0, 0.05) is 48.0 Å². The van der Waals surface area contributed by atoms with Crippen LogP contribution in [0.5, 0.6) is 0 Å². The Morgan fingerprint density at radius 2 is 2.11 bits per heavy atom. The number of rotatable bonds is 1. The minimum absolute atomic E-state index is 0.0826. The topological polar surface area (TPSA) is 45.3 Å². The molecule has 0 unspecified atom stereocenters. The fourth-order valence-corrected chi connectivity index (χ4v) is 2.57. The Morgan fingerprint density at radius 3 is 3.00 bits per heavy atom. The van der Waals surface area contributed by atoms with E-state index in [4.69, 9.17) is 4.74 Å². The Kier molecular flexibility index (Phi) is 3.25. The van der Waals surface area contributed by atoms with Crippen molar-refractivity contribution < 1.29 is 4.74 Å². The summed E-state index contributed by atoms with van der Waals surface area (Å²) in [6, 6.07) is 7.70. The van der Waals surface area contributed by atoms with Gasteiger partial charge in [0.2, 0.25) is 0 Å². The van der Waals surface area contributed by atoms with Gasteiger partial charge in [-0.15, -0.1) is 0 Å². The third-order valence-corrected chi connectivity index (χ3v) is 3.54. The number of hydrogen-bond donors (Lipinski definition) is 1. The molecule has 1 saturated heterocycles. The maximum absolute atomic E-state index is 12.0. The van der Waals surface area contributed by atoms with Gasteiger partial charge in [-0.25, -0.2) is 0 Å². The number of nitrogens with zero attached hydrogens (tertiary/aromatic N) is 1. The molecule has 100 valence electrons. The van der Waals surface area contributed by atoms with Crippen molar-refractivity contribution in [2.24, 2.45) is 0 Å². The molecule has 3 rings (SSSR count). The van der Waals surface area contributed by atoms with Crippen LogP contribution in [-0.4, -0.2) is 31.3 Å². The summed E-state index contributed by atoms with van der Waals surface area (Å²) in [4.78, 5) is 17.6. The first kappa shape index (κ1) is 12.2. The quantitative estimate of drug-likeness (QED) is 0.851. The van der Waals surface area contributed by atoms with Gasteiger partial charge in [-0.05, 0) is 31.5 Å². The van der Waals surface area contributed by atoms with Gasteiger partial charge >= 0.3 is 0 Å². The molecule has 0 saturated carbocycles. The molecule has 1 aliphatic heterocycles. The summed E-state index contributed by atoms with van der Waals surface area (Å²) in [6.07, 6.45) is 1.03. The minimum atomic E-state index is 0.0826. The van der Waals surface area contributed by atoms with Gasteiger partial charge in [0.05, 0.1) is 6.61 Å². The Hall–Kier alpha value is -1.81. The lowest BCUT2D eigenvalue weighted by Gasteiger charge is -2.22. The van der Waals surface area contributed by atoms with E-state index in [0.717, 1.165) is 55.0 Å². The molecule has 2 aromatic rings. The summed E-state index contributed by atoms with van der Waals surface area (Å²) in [5, 5.41) is 0.758. The van der Waals surface area contributed by atoms with Gasteiger partial charge < -0.3 is 14.6 Å². The molecular formula is C15H18N2O2. The molecular weight excluding hydrogens is 240 g/mol. The number of pyridine rings is 1. The summed E-state index contributed by atoms with van der Waals surface area (Å²) >= 11 is 0. The molecule has 1 aromatic heterocycles. The first-order valence-corrected chi connectivity index (χ1v) is 6.70. The molecule has 2 heterocycles. The Labute approximate surface area is 112 Å². The molecule has 0 radical (unpaired) electrons. The maximum Gasteiger partial charge on any atom is 0.189 e. The van der Waals surface area contributed by atoms with Crippen LogP contribution in [0.2, 0.25) is 0 Å². The van der Waals surface area contributed by atoms with Crippen molar-refractivity contribution in [1.82, 2.24) is 4.98 Å². The highest BCUT2D eigenvalue weighted by molar-refractivity contribution is 5.82. The van der Waals surface area contributed by atoms with E-state index in [1.54, 1.807) is 6.07 Å². The number of aromatic nitrogens is 1. The third kappa shape index (κ3) is 2.49. The van der Waals surface area contributed by atoms with E-state index in [1.165, 1.54) is 0 Å². The van der Waals surface area contributed by atoms with Crippen molar-refractivity contribution in [1.29, 1.82) is 0 Å². The predicted octanol–water partition coefficient (Wildman–Crippen LogP) is 2.06. The van der Waals surface area contributed by atoms with Gasteiger partial charge in [0.15, 0.2) is 5.43 Å². The van der Waals surface area contributed by atoms with Crippen molar-refractivity contribution in [3.63, 3.8) is 0 Å². The highest BCUT2D eigenvalue weighted by Gasteiger charge is 2.11. The van der Waals surface area contributed by atoms with E-state index in [0.29, 0.717) is 0 Å². The second kappa shape index (κ2) is 5.05. The molecule has 0 atom stereocenters. The molecule has 0 amide bonds. The number of H-pyrrole nitrogens is 1. The lowest BCUT2D eigenvalue weighted by atomic mass is 10.1. The average molecular weight is 258 g/mol. The van der Waals surface area contributed by atoms with Crippen molar-refractivity contribution in [2.75, 3.05) is 31.2 Å². The summed E-state index contributed by atoms with van der Waals surface area (Å²) in [7, 11) is 0. The van der Waals surface area contributed by atoms with Crippen LogP contribution < -0.4 is 10.3 Å². The van der Waals surface area contributed by atoms with Crippen molar-refractivity contribution >= 4 is 16.6 Å². The minimum Gasteiger partial charge on any atom is -0.380 e. The van der Waals surface area contributed by atoms with Crippen LogP contribution in [0.4, 0.5) is 5.69 Å². The first-order valence-electron chi connectivity index (χ1n) is 6.70. The summed E-state index contributed by atoms with van der Waals surface area (Å²) in [6.45, 7) is 5.34. The zero-order chi connectivity index (χ0) is 13.2. The maximum atomic E-state index is 12.0. The number of aryl methyl sites for hydroxylation is 1. The Balaban J connectivity index is 2.03. The van der Waals surface area contributed by atoms with E-state index >= 15 is 0 Å². The number of fused-ring (bicyclic) bond motifs is 1. The molecule has 4 heteroatoms. The highest BCUT2D eigenvalue weighted by Crippen LogP contribution is 2.20. The van der Waals surface area contributed by atoms with Crippen LogP contribution in [0.25, 0.3) is 10.9 Å². The van der Waals surface area contributed by atoms with Crippen LogP contribution in [0.15, 0.2) is 29.1 Å². The van der Waals surface area contributed by atoms with Gasteiger partial charge in [0.1, 0.15) is 0 Å². The average Bonchev–Trinajstić information content (AvgIpc) is 2.67. The molecule has 4 nitrogen and oxygen atoms in total. The van der Waals surface area contributed by atoms with Crippen molar-refractivity contribution in [3.8, 4) is 0 Å². The van der Waals surface area contributed by atoms with E-state index in [9.17, 15) is 4.79 Å². The third-order valence-electron chi connectivity index (χ3n) is 3.54. The van der Waals surface area contributed by atoms with Gasteiger partial charge in [-0.3, -0.25) is 4.79 Å². The zero-order valence-electron chi connectivity index (χ0n) is 11.1. The molecule has 1 aliphatic rings. The van der Waals surface area contributed by atoms with Gasteiger partial charge in [-0.1, -0.05) is 0 Å². The largest absolute Gasteiger partial charge is 0.380 e. The molecule has 19 heavy (non-hydrogen) atoms. The van der Waals surface area contributed by atoms with Crippen molar-refractivity contribution in [3.05, 3.63) is 40.2 Å². The van der Waals surface area contributed by atoms with Crippen LogP contribution in [0, 0.1) is 6.92 Å². The normalized spacial score (nSPS) is 16.6. The van der Waals surface area contributed by atoms with E-state index in [1.807, 2.05) is 19.1 Å². The number of aromatic amines is 1. The predicted molar refractivity (Wildman–Crippen MR) is 77.0 cm³/mol. The van der Waals surface area contributed by atoms with Crippen LogP contribution in [-0.2, 0) is 4.74 Å². The molecule has 0 spiro atoms. The SMILES string of the molecule is Cc1cc(=O)c2cc(N3CCCOCC3)ccc2[nH]1.